The molecular formula is C16H23Cl2N7. The van der Waals surface area contributed by atoms with Crippen LogP contribution in [0.1, 0.15) is 24.9 Å². The average molecular weight is 384 g/mol. The van der Waals surface area contributed by atoms with Gasteiger partial charge in [-0.3, -0.25) is 4.68 Å². The Hall–Kier alpha value is -1.83. The van der Waals surface area contributed by atoms with Crippen LogP contribution in [0, 0.1) is 0 Å². The topological polar surface area (TPSA) is 65.5 Å². The summed E-state index contributed by atoms with van der Waals surface area (Å²) in [6, 6.07) is 2.13. The van der Waals surface area contributed by atoms with Crippen molar-refractivity contribution in [1.82, 2.24) is 34.2 Å². The van der Waals surface area contributed by atoms with E-state index in [2.05, 4.69) is 42.1 Å². The number of aryl methyl sites for hydroxylation is 1. The molecule has 4 heterocycles. The first-order valence-electron chi connectivity index (χ1n) is 8.14. The lowest BCUT2D eigenvalue weighted by atomic mass is 10.3. The maximum atomic E-state index is 4.71. The Balaban J connectivity index is 0.00000113. The second-order valence-electron chi connectivity index (χ2n) is 5.84. The molecule has 0 fully saturated rings. The van der Waals surface area contributed by atoms with Crippen LogP contribution in [0.25, 0.3) is 11.5 Å². The van der Waals surface area contributed by atoms with Crippen molar-refractivity contribution in [3.05, 3.63) is 42.4 Å². The molecule has 0 atom stereocenters. The molecular weight excluding hydrogens is 361 g/mol. The van der Waals surface area contributed by atoms with Gasteiger partial charge in [0, 0.05) is 44.4 Å². The summed E-state index contributed by atoms with van der Waals surface area (Å²) < 4.78 is 6.39. The molecule has 0 amide bonds. The van der Waals surface area contributed by atoms with E-state index in [1.54, 1.807) is 0 Å². The van der Waals surface area contributed by atoms with Crippen molar-refractivity contribution in [2.75, 3.05) is 6.54 Å². The Labute approximate surface area is 159 Å². The fraction of sp³-hybridized carbons (Fsp3) is 0.438. The molecule has 3 aromatic heterocycles. The van der Waals surface area contributed by atoms with Crippen LogP contribution in [0.5, 0.6) is 0 Å². The molecule has 25 heavy (non-hydrogen) atoms. The minimum absolute atomic E-state index is 0. The van der Waals surface area contributed by atoms with Gasteiger partial charge < -0.3 is 14.5 Å². The zero-order chi connectivity index (χ0) is 15.6. The number of imidazole rings is 2. The van der Waals surface area contributed by atoms with Crippen LogP contribution in [0.2, 0.25) is 0 Å². The molecule has 0 aliphatic carbocycles. The third-order valence-electron chi connectivity index (χ3n) is 4.19. The van der Waals surface area contributed by atoms with Crippen LogP contribution in [0.4, 0.5) is 0 Å². The molecule has 136 valence electrons. The van der Waals surface area contributed by atoms with E-state index in [9.17, 15) is 0 Å². The first-order chi connectivity index (χ1) is 11.3. The van der Waals surface area contributed by atoms with E-state index >= 15 is 0 Å². The van der Waals surface area contributed by atoms with Gasteiger partial charge in [-0.05, 0) is 12.5 Å². The SMILES string of the molecule is CCCn1ccnc1Cn1ccnc1-c1cc2n(n1)CCNC2.Cl.Cl. The Morgan fingerprint density at radius 3 is 2.72 bits per heavy atom. The molecule has 0 bridgehead atoms. The van der Waals surface area contributed by atoms with Gasteiger partial charge in [-0.15, -0.1) is 24.8 Å². The number of nitrogens with zero attached hydrogens (tertiary/aromatic N) is 6. The summed E-state index contributed by atoms with van der Waals surface area (Å²) in [5.41, 5.74) is 2.15. The number of hydrogen-bond donors (Lipinski definition) is 1. The van der Waals surface area contributed by atoms with E-state index in [1.807, 2.05) is 24.8 Å². The molecule has 4 rings (SSSR count). The van der Waals surface area contributed by atoms with Gasteiger partial charge in [-0.2, -0.15) is 5.10 Å². The quantitative estimate of drug-likeness (QED) is 0.734. The van der Waals surface area contributed by atoms with Crippen molar-refractivity contribution in [3.8, 4) is 11.5 Å². The summed E-state index contributed by atoms with van der Waals surface area (Å²) in [6.45, 7) is 6.63. The Morgan fingerprint density at radius 2 is 1.92 bits per heavy atom. The van der Waals surface area contributed by atoms with Crippen molar-refractivity contribution < 1.29 is 0 Å². The highest BCUT2D eigenvalue weighted by Gasteiger charge is 2.16. The third kappa shape index (κ3) is 3.89. The fourth-order valence-corrected chi connectivity index (χ4v) is 3.06. The van der Waals surface area contributed by atoms with Gasteiger partial charge in [-0.25, -0.2) is 9.97 Å². The van der Waals surface area contributed by atoms with E-state index in [0.29, 0.717) is 6.54 Å². The van der Waals surface area contributed by atoms with E-state index in [4.69, 9.17) is 5.10 Å². The molecule has 0 unspecified atom stereocenters. The summed E-state index contributed by atoms with van der Waals surface area (Å²) >= 11 is 0. The third-order valence-corrected chi connectivity index (χ3v) is 4.19. The van der Waals surface area contributed by atoms with Gasteiger partial charge in [-0.1, -0.05) is 6.92 Å². The summed E-state index contributed by atoms with van der Waals surface area (Å²) in [5.74, 6) is 1.95. The van der Waals surface area contributed by atoms with Crippen molar-refractivity contribution >= 4 is 24.8 Å². The predicted octanol–water partition coefficient (Wildman–Crippen LogP) is 2.35. The van der Waals surface area contributed by atoms with Crippen molar-refractivity contribution in [2.24, 2.45) is 0 Å². The largest absolute Gasteiger partial charge is 0.333 e. The van der Waals surface area contributed by atoms with E-state index in [-0.39, 0.29) is 24.8 Å². The molecule has 1 aliphatic rings. The van der Waals surface area contributed by atoms with Crippen LogP contribution in [-0.2, 0) is 26.2 Å². The normalized spacial score (nSPS) is 13.0. The van der Waals surface area contributed by atoms with Gasteiger partial charge in [0.25, 0.3) is 0 Å². The molecule has 0 radical (unpaired) electrons. The Kier molecular flexibility index (Phi) is 6.64. The number of nitrogens with one attached hydrogen (secondary N) is 1. The van der Waals surface area contributed by atoms with Crippen LogP contribution in [0.15, 0.2) is 30.9 Å². The number of aromatic nitrogens is 6. The standard InChI is InChI=1S/C16H21N7.2ClH/c1-2-6-21-7-4-18-15(21)12-22-8-5-19-16(22)14-10-13-11-17-3-9-23(13)20-14;;/h4-5,7-8,10,17H,2-3,6,9,11-12H2,1H3;2*1H. The van der Waals surface area contributed by atoms with E-state index in [1.165, 1.54) is 5.69 Å². The van der Waals surface area contributed by atoms with Gasteiger partial charge in [0.15, 0.2) is 5.82 Å². The minimum atomic E-state index is 0. The van der Waals surface area contributed by atoms with Gasteiger partial charge in [0.2, 0.25) is 0 Å². The molecule has 0 aromatic carbocycles. The lowest BCUT2D eigenvalue weighted by molar-refractivity contribution is 0.476. The summed E-state index contributed by atoms with van der Waals surface area (Å²) in [4.78, 5) is 9.00. The molecule has 3 aromatic rings. The lowest BCUT2D eigenvalue weighted by Gasteiger charge is -2.13. The molecule has 0 saturated carbocycles. The summed E-state index contributed by atoms with van der Waals surface area (Å²) in [7, 11) is 0. The number of fused-ring (bicyclic) bond motifs is 1. The molecule has 9 heteroatoms. The number of hydrogen-bond acceptors (Lipinski definition) is 4. The number of halogens is 2. The monoisotopic (exact) mass is 383 g/mol. The maximum absolute atomic E-state index is 4.71. The van der Waals surface area contributed by atoms with Gasteiger partial charge >= 0.3 is 0 Å². The Bertz CT molecular complexity index is 782. The second-order valence-corrected chi connectivity index (χ2v) is 5.84. The van der Waals surface area contributed by atoms with E-state index in [0.717, 1.165) is 49.9 Å². The van der Waals surface area contributed by atoms with Crippen molar-refractivity contribution in [3.63, 3.8) is 0 Å². The second kappa shape index (κ2) is 8.51. The lowest BCUT2D eigenvalue weighted by Crippen LogP contribution is -2.28. The first-order valence-corrected chi connectivity index (χ1v) is 8.14. The van der Waals surface area contributed by atoms with Crippen LogP contribution in [-0.4, -0.2) is 35.4 Å². The molecule has 7 nitrogen and oxygen atoms in total. The average Bonchev–Trinajstić information content (AvgIpc) is 3.27. The molecule has 0 spiro atoms. The van der Waals surface area contributed by atoms with Crippen LogP contribution in [0.3, 0.4) is 0 Å². The van der Waals surface area contributed by atoms with Crippen molar-refractivity contribution in [2.45, 2.75) is 39.5 Å². The smallest absolute Gasteiger partial charge is 0.160 e. The highest BCUT2D eigenvalue weighted by atomic mass is 35.5. The van der Waals surface area contributed by atoms with Gasteiger partial charge in [0.05, 0.1) is 18.8 Å². The summed E-state index contributed by atoms with van der Waals surface area (Å²) in [5, 5.41) is 8.08. The van der Waals surface area contributed by atoms with E-state index < -0.39 is 0 Å². The Morgan fingerprint density at radius 1 is 1.12 bits per heavy atom. The fourth-order valence-electron chi connectivity index (χ4n) is 3.06. The summed E-state index contributed by atoms with van der Waals surface area (Å²) in [6.07, 6.45) is 8.83. The highest BCUT2D eigenvalue weighted by Crippen LogP contribution is 2.19. The maximum Gasteiger partial charge on any atom is 0.160 e. The predicted molar refractivity (Wildman–Crippen MR) is 101 cm³/mol. The van der Waals surface area contributed by atoms with Crippen LogP contribution < -0.4 is 5.32 Å². The van der Waals surface area contributed by atoms with Gasteiger partial charge in [0.1, 0.15) is 11.5 Å². The zero-order valence-corrected chi connectivity index (χ0v) is 15.8. The van der Waals surface area contributed by atoms with Crippen LogP contribution >= 0.6 is 24.8 Å². The first kappa shape index (κ1) is 19.5. The minimum Gasteiger partial charge on any atom is -0.333 e. The zero-order valence-electron chi connectivity index (χ0n) is 14.1. The highest BCUT2D eigenvalue weighted by molar-refractivity contribution is 5.85. The molecule has 1 aliphatic heterocycles. The molecule has 1 N–H and O–H groups in total. The van der Waals surface area contributed by atoms with Crippen molar-refractivity contribution in [1.29, 1.82) is 0 Å². The molecule has 0 saturated heterocycles. The number of rotatable bonds is 5.